The molecular formula is C19H24O9. The topological polar surface area (TPSA) is 107 Å². The van der Waals surface area contributed by atoms with Gasteiger partial charge in [-0.05, 0) is 17.7 Å². The average Bonchev–Trinajstić information content (AvgIpc) is 3.05. The molecule has 0 atom stereocenters. The van der Waals surface area contributed by atoms with Crippen LogP contribution in [0.25, 0.3) is 0 Å². The number of hydrogen-bond acceptors (Lipinski definition) is 9. The van der Waals surface area contributed by atoms with Crippen LogP contribution >= 0.6 is 0 Å². The standard InChI is InChI=1S/C19H24O9/c1-4-14(20)7-13-5-6-15-16(8-13)28-19(27-15,11-25-9-17(21)23-2)12-26-10-18(22)24-3/h5-6,8H,4,7,9-12H2,1-3H3. The number of fused-ring (bicyclic) bond motifs is 1. The molecule has 0 bridgehead atoms. The Morgan fingerprint density at radius 1 is 0.929 bits per heavy atom. The molecule has 9 nitrogen and oxygen atoms in total. The summed E-state index contributed by atoms with van der Waals surface area (Å²) in [5, 5.41) is 0. The summed E-state index contributed by atoms with van der Waals surface area (Å²) < 4.78 is 31.5. The summed E-state index contributed by atoms with van der Waals surface area (Å²) in [6.45, 7) is 0.906. The molecule has 1 aliphatic rings. The summed E-state index contributed by atoms with van der Waals surface area (Å²) in [7, 11) is 2.50. The van der Waals surface area contributed by atoms with Crippen molar-refractivity contribution in [2.75, 3.05) is 40.6 Å². The number of Topliss-reactive ketones (excluding diaryl/α,β-unsaturated/α-hetero) is 1. The monoisotopic (exact) mass is 396 g/mol. The first-order valence-electron chi connectivity index (χ1n) is 8.73. The normalized spacial score (nSPS) is 13.8. The van der Waals surface area contributed by atoms with Gasteiger partial charge in [0.15, 0.2) is 11.5 Å². The molecule has 0 fully saturated rings. The molecule has 0 radical (unpaired) electrons. The zero-order valence-corrected chi connectivity index (χ0v) is 16.1. The Morgan fingerprint density at radius 2 is 1.50 bits per heavy atom. The van der Waals surface area contributed by atoms with Crippen LogP contribution in [0.4, 0.5) is 0 Å². The lowest BCUT2D eigenvalue weighted by Gasteiger charge is -2.26. The lowest BCUT2D eigenvalue weighted by Crippen LogP contribution is -2.48. The van der Waals surface area contributed by atoms with Crippen LogP contribution in [0.1, 0.15) is 18.9 Å². The molecular weight excluding hydrogens is 372 g/mol. The van der Waals surface area contributed by atoms with Crippen molar-refractivity contribution in [1.82, 2.24) is 0 Å². The molecule has 1 heterocycles. The number of carbonyl (C=O) groups is 3. The number of carbonyl (C=O) groups excluding carboxylic acids is 3. The van der Waals surface area contributed by atoms with E-state index in [0.29, 0.717) is 17.9 Å². The summed E-state index contributed by atoms with van der Waals surface area (Å²) in [6, 6.07) is 5.18. The Bertz CT molecular complexity index is 691. The second kappa shape index (κ2) is 10.0. The lowest BCUT2D eigenvalue weighted by molar-refractivity contribution is -0.181. The van der Waals surface area contributed by atoms with Gasteiger partial charge in [0.05, 0.1) is 14.2 Å². The molecule has 0 amide bonds. The van der Waals surface area contributed by atoms with Gasteiger partial charge in [-0.3, -0.25) is 4.79 Å². The third kappa shape index (κ3) is 5.93. The minimum absolute atomic E-state index is 0.105. The first kappa shape index (κ1) is 21.6. The van der Waals surface area contributed by atoms with Gasteiger partial charge in [0, 0.05) is 12.8 Å². The van der Waals surface area contributed by atoms with Gasteiger partial charge in [-0.2, -0.15) is 0 Å². The molecule has 1 aliphatic heterocycles. The highest BCUT2D eigenvalue weighted by molar-refractivity contribution is 5.80. The number of esters is 2. The molecule has 1 aromatic carbocycles. The van der Waals surface area contributed by atoms with Gasteiger partial charge in [-0.15, -0.1) is 0 Å². The average molecular weight is 396 g/mol. The second-order valence-corrected chi connectivity index (χ2v) is 6.10. The van der Waals surface area contributed by atoms with Crippen molar-refractivity contribution in [2.45, 2.75) is 25.6 Å². The fourth-order valence-corrected chi connectivity index (χ4v) is 2.46. The van der Waals surface area contributed by atoms with E-state index in [-0.39, 0.29) is 38.6 Å². The van der Waals surface area contributed by atoms with Gasteiger partial charge >= 0.3 is 11.9 Å². The zero-order valence-electron chi connectivity index (χ0n) is 16.1. The van der Waals surface area contributed by atoms with Crippen molar-refractivity contribution in [3.8, 4) is 11.5 Å². The van der Waals surface area contributed by atoms with Crippen LogP contribution in [0.5, 0.6) is 11.5 Å². The van der Waals surface area contributed by atoms with E-state index in [1.807, 2.05) is 0 Å². The fourth-order valence-electron chi connectivity index (χ4n) is 2.46. The van der Waals surface area contributed by atoms with Crippen molar-refractivity contribution in [1.29, 1.82) is 0 Å². The minimum Gasteiger partial charge on any atom is -0.467 e. The number of methoxy groups -OCH3 is 2. The molecule has 0 spiro atoms. The molecule has 9 heteroatoms. The van der Waals surface area contributed by atoms with E-state index in [1.54, 1.807) is 25.1 Å². The van der Waals surface area contributed by atoms with Gasteiger partial charge in [0.2, 0.25) is 0 Å². The number of hydrogen-bond donors (Lipinski definition) is 0. The first-order chi connectivity index (χ1) is 13.4. The third-order valence-electron chi connectivity index (χ3n) is 3.93. The zero-order chi connectivity index (χ0) is 20.6. The summed E-state index contributed by atoms with van der Waals surface area (Å²) in [5.74, 6) is -1.53. The highest BCUT2D eigenvalue weighted by Crippen LogP contribution is 2.40. The molecule has 0 aromatic heterocycles. The number of ketones is 1. The lowest BCUT2D eigenvalue weighted by atomic mass is 10.1. The van der Waals surface area contributed by atoms with Crippen molar-refractivity contribution >= 4 is 17.7 Å². The highest BCUT2D eigenvalue weighted by Gasteiger charge is 2.43. The van der Waals surface area contributed by atoms with Crippen molar-refractivity contribution in [3.63, 3.8) is 0 Å². The molecule has 1 aromatic rings. The van der Waals surface area contributed by atoms with Crippen LogP contribution in [0.2, 0.25) is 0 Å². The van der Waals surface area contributed by atoms with Gasteiger partial charge in [-0.1, -0.05) is 13.0 Å². The summed E-state index contributed by atoms with van der Waals surface area (Å²) in [5.41, 5.74) is 0.788. The maximum Gasteiger partial charge on any atom is 0.331 e. The SMILES string of the molecule is CCC(=O)Cc1ccc2c(c1)OC(COCC(=O)OC)(COCC(=O)OC)O2. The van der Waals surface area contributed by atoms with Crippen LogP contribution in [0.3, 0.4) is 0 Å². The quantitative estimate of drug-likeness (QED) is 0.507. The van der Waals surface area contributed by atoms with E-state index in [1.165, 1.54) is 14.2 Å². The molecule has 0 N–H and O–H groups in total. The van der Waals surface area contributed by atoms with E-state index in [0.717, 1.165) is 5.56 Å². The number of benzene rings is 1. The third-order valence-corrected chi connectivity index (χ3v) is 3.93. The van der Waals surface area contributed by atoms with E-state index in [4.69, 9.17) is 18.9 Å². The Balaban J connectivity index is 2.08. The van der Waals surface area contributed by atoms with Crippen LogP contribution < -0.4 is 9.47 Å². The molecule has 2 rings (SSSR count). The van der Waals surface area contributed by atoms with E-state index in [9.17, 15) is 14.4 Å². The predicted molar refractivity (Wildman–Crippen MR) is 95.1 cm³/mol. The fraction of sp³-hybridized carbons (Fsp3) is 0.526. The van der Waals surface area contributed by atoms with E-state index < -0.39 is 17.7 Å². The van der Waals surface area contributed by atoms with Gasteiger partial charge in [-0.25, -0.2) is 9.59 Å². The smallest absolute Gasteiger partial charge is 0.331 e. The van der Waals surface area contributed by atoms with E-state index in [2.05, 4.69) is 9.47 Å². The van der Waals surface area contributed by atoms with Gasteiger partial charge in [0.1, 0.15) is 32.2 Å². The van der Waals surface area contributed by atoms with Crippen LogP contribution in [0, 0.1) is 0 Å². The van der Waals surface area contributed by atoms with E-state index >= 15 is 0 Å². The molecule has 28 heavy (non-hydrogen) atoms. The Hall–Kier alpha value is -2.65. The molecule has 0 unspecified atom stereocenters. The second-order valence-electron chi connectivity index (χ2n) is 6.10. The number of rotatable bonds is 11. The van der Waals surface area contributed by atoms with Crippen LogP contribution in [-0.4, -0.2) is 64.2 Å². The minimum atomic E-state index is -1.39. The summed E-state index contributed by atoms with van der Waals surface area (Å²) in [4.78, 5) is 34.2. The van der Waals surface area contributed by atoms with Crippen LogP contribution in [-0.2, 0) is 39.8 Å². The van der Waals surface area contributed by atoms with Crippen molar-refractivity contribution in [3.05, 3.63) is 23.8 Å². The van der Waals surface area contributed by atoms with Crippen molar-refractivity contribution < 1.29 is 42.8 Å². The van der Waals surface area contributed by atoms with Crippen LogP contribution in [0.15, 0.2) is 18.2 Å². The van der Waals surface area contributed by atoms with Gasteiger partial charge in [0.25, 0.3) is 5.79 Å². The first-order valence-corrected chi connectivity index (χ1v) is 8.73. The molecule has 0 aliphatic carbocycles. The summed E-state index contributed by atoms with van der Waals surface area (Å²) >= 11 is 0. The van der Waals surface area contributed by atoms with Gasteiger partial charge < -0.3 is 28.4 Å². The maximum absolute atomic E-state index is 11.7. The maximum atomic E-state index is 11.7. The molecule has 0 saturated heterocycles. The highest BCUT2D eigenvalue weighted by atomic mass is 16.8. The molecule has 154 valence electrons. The largest absolute Gasteiger partial charge is 0.467 e. The van der Waals surface area contributed by atoms with Crippen molar-refractivity contribution in [2.24, 2.45) is 0 Å². The Kier molecular flexibility index (Phi) is 7.77. The Labute approximate surface area is 162 Å². The predicted octanol–water partition coefficient (Wildman–Crippen LogP) is 1.05. The molecule has 0 saturated carbocycles. The summed E-state index contributed by atoms with van der Waals surface area (Å²) in [6.07, 6.45) is 0.735. The number of ether oxygens (including phenoxy) is 6. The Morgan fingerprint density at radius 3 is 2.04 bits per heavy atom.